The largest absolute Gasteiger partial charge is 0.508 e. The van der Waals surface area contributed by atoms with Crippen molar-refractivity contribution in [2.45, 2.75) is 96.8 Å². The molecule has 1 amide bonds. The maximum absolute atomic E-state index is 12.0. The predicted octanol–water partition coefficient (Wildman–Crippen LogP) is 6.62. The van der Waals surface area contributed by atoms with Crippen LogP contribution in [0.25, 0.3) is 10.9 Å². The lowest BCUT2D eigenvalue weighted by Gasteiger charge is -2.05. The Balaban J connectivity index is 1.44. The van der Waals surface area contributed by atoms with Crippen LogP contribution in [-0.4, -0.2) is 22.5 Å². The average Bonchev–Trinajstić information content (AvgIpc) is 3.11. The molecule has 2 aromatic rings. The molecule has 1 heterocycles. The molecular formula is C25H40N2O2. The van der Waals surface area contributed by atoms with Crippen LogP contribution >= 0.6 is 0 Å². The highest BCUT2D eigenvalue weighted by molar-refractivity contribution is 5.84. The van der Waals surface area contributed by atoms with Crippen molar-refractivity contribution in [2.75, 3.05) is 6.54 Å². The highest BCUT2D eigenvalue weighted by atomic mass is 16.3. The van der Waals surface area contributed by atoms with E-state index in [4.69, 9.17) is 0 Å². The minimum Gasteiger partial charge on any atom is -0.508 e. The molecule has 1 aromatic heterocycles. The fraction of sp³-hybridized carbons (Fsp3) is 0.640. The van der Waals surface area contributed by atoms with E-state index in [9.17, 15) is 9.90 Å². The highest BCUT2D eigenvalue weighted by Crippen LogP contribution is 2.23. The first kappa shape index (κ1) is 23.3. The van der Waals surface area contributed by atoms with Crippen molar-refractivity contribution in [1.29, 1.82) is 0 Å². The molecule has 0 fully saturated rings. The van der Waals surface area contributed by atoms with Crippen LogP contribution in [0.15, 0.2) is 24.4 Å². The molecule has 4 nitrogen and oxygen atoms in total. The summed E-state index contributed by atoms with van der Waals surface area (Å²) in [7, 11) is 0. The van der Waals surface area contributed by atoms with Gasteiger partial charge >= 0.3 is 0 Å². The molecule has 162 valence electrons. The Kier molecular flexibility index (Phi) is 11.3. The number of phenols is 1. The first-order valence-corrected chi connectivity index (χ1v) is 11.8. The van der Waals surface area contributed by atoms with Crippen LogP contribution in [0.2, 0.25) is 0 Å². The third-order valence-electron chi connectivity index (χ3n) is 5.72. The van der Waals surface area contributed by atoms with Gasteiger partial charge in [-0.1, -0.05) is 77.6 Å². The number of amides is 1. The third-order valence-corrected chi connectivity index (χ3v) is 5.72. The predicted molar refractivity (Wildman–Crippen MR) is 122 cm³/mol. The van der Waals surface area contributed by atoms with Crippen LogP contribution in [0, 0.1) is 0 Å². The number of rotatable bonds is 16. The first-order valence-electron chi connectivity index (χ1n) is 11.8. The summed E-state index contributed by atoms with van der Waals surface area (Å²) >= 11 is 0. The van der Waals surface area contributed by atoms with Crippen molar-refractivity contribution in [1.82, 2.24) is 10.3 Å². The van der Waals surface area contributed by atoms with Gasteiger partial charge in [0.1, 0.15) is 5.75 Å². The molecule has 0 aliphatic carbocycles. The minimum atomic E-state index is 0.153. The number of hydrogen-bond donors (Lipinski definition) is 3. The number of aromatic nitrogens is 1. The molecule has 4 heteroatoms. The van der Waals surface area contributed by atoms with Crippen LogP contribution in [-0.2, 0) is 11.2 Å². The van der Waals surface area contributed by atoms with Crippen molar-refractivity contribution in [3.63, 3.8) is 0 Å². The van der Waals surface area contributed by atoms with E-state index < -0.39 is 0 Å². The molecule has 0 aliphatic rings. The van der Waals surface area contributed by atoms with E-state index in [1.165, 1.54) is 64.2 Å². The smallest absolute Gasteiger partial charge is 0.220 e. The number of aromatic amines is 1. The van der Waals surface area contributed by atoms with Crippen molar-refractivity contribution < 1.29 is 9.90 Å². The third kappa shape index (κ3) is 9.38. The van der Waals surface area contributed by atoms with Crippen LogP contribution in [0.5, 0.6) is 5.75 Å². The van der Waals surface area contributed by atoms with Gasteiger partial charge in [-0.2, -0.15) is 0 Å². The van der Waals surface area contributed by atoms with E-state index in [1.54, 1.807) is 12.1 Å². The summed E-state index contributed by atoms with van der Waals surface area (Å²) in [6, 6.07) is 5.33. The fourth-order valence-electron chi connectivity index (χ4n) is 3.92. The van der Waals surface area contributed by atoms with Crippen LogP contribution in [0.3, 0.4) is 0 Å². The quantitative estimate of drug-likeness (QED) is 0.277. The van der Waals surface area contributed by atoms with Gasteiger partial charge in [0.05, 0.1) is 0 Å². The molecular weight excluding hydrogens is 360 g/mol. The average molecular weight is 401 g/mol. The van der Waals surface area contributed by atoms with Gasteiger partial charge in [-0.25, -0.2) is 0 Å². The lowest BCUT2D eigenvalue weighted by molar-refractivity contribution is -0.121. The summed E-state index contributed by atoms with van der Waals surface area (Å²) in [4.78, 5) is 15.2. The highest BCUT2D eigenvalue weighted by Gasteiger charge is 2.06. The molecule has 29 heavy (non-hydrogen) atoms. The van der Waals surface area contributed by atoms with Crippen LogP contribution in [0.1, 0.15) is 96.0 Å². The van der Waals surface area contributed by atoms with Gasteiger partial charge in [-0.05, 0) is 36.6 Å². The maximum Gasteiger partial charge on any atom is 0.220 e. The van der Waals surface area contributed by atoms with Gasteiger partial charge < -0.3 is 15.4 Å². The number of unbranched alkanes of at least 4 members (excludes halogenated alkanes) is 11. The standard InChI is InChI=1S/C25H40N2O2/c1-2-3-4-5-6-7-8-9-10-11-12-13-14-25(29)26-18-17-21-20-27-24-16-15-22(28)19-23(21)24/h15-16,19-20,27-28H,2-14,17-18H2,1H3,(H,26,29). The molecule has 2 rings (SSSR count). The van der Waals surface area contributed by atoms with Crippen LogP contribution in [0.4, 0.5) is 0 Å². The number of benzene rings is 1. The Morgan fingerprint density at radius 1 is 0.931 bits per heavy atom. The molecule has 0 bridgehead atoms. The zero-order valence-corrected chi connectivity index (χ0v) is 18.3. The topological polar surface area (TPSA) is 65.1 Å². The molecule has 0 saturated carbocycles. The molecule has 0 unspecified atom stereocenters. The molecule has 1 aromatic carbocycles. The lowest BCUT2D eigenvalue weighted by Crippen LogP contribution is -2.25. The Morgan fingerprint density at radius 3 is 2.21 bits per heavy atom. The SMILES string of the molecule is CCCCCCCCCCCCCCC(=O)NCCc1c[nH]c2ccc(O)cc12. The van der Waals surface area contributed by atoms with E-state index in [0.29, 0.717) is 13.0 Å². The minimum absolute atomic E-state index is 0.153. The summed E-state index contributed by atoms with van der Waals surface area (Å²) < 4.78 is 0. The van der Waals surface area contributed by atoms with E-state index >= 15 is 0 Å². The molecule has 0 saturated heterocycles. The van der Waals surface area contributed by atoms with Gasteiger partial charge in [0.2, 0.25) is 5.91 Å². The maximum atomic E-state index is 12.0. The summed E-state index contributed by atoms with van der Waals surface area (Å²) in [6.07, 6.45) is 19.1. The van der Waals surface area contributed by atoms with Gasteiger partial charge in [0, 0.05) is 30.1 Å². The Bertz CT molecular complexity index is 708. The monoisotopic (exact) mass is 400 g/mol. The second-order valence-corrected chi connectivity index (χ2v) is 8.28. The summed E-state index contributed by atoms with van der Waals surface area (Å²) in [5.41, 5.74) is 2.14. The van der Waals surface area contributed by atoms with Crippen molar-refractivity contribution in [3.05, 3.63) is 30.0 Å². The Morgan fingerprint density at radius 2 is 1.55 bits per heavy atom. The van der Waals surface area contributed by atoms with E-state index in [-0.39, 0.29) is 11.7 Å². The second-order valence-electron chi connectivity index (χ2n) is 8.28. The zero-order chi connectivity index (χ0) is 20.7. The second kappa shape index (κ2) is 14.1. The van der Waals surface area contributed by atoms with Gasteiger partial charge in [0.15, 0.2) is 0 Å². The van der Waals surface area contributed by atoms with Gasteiger partial charge in [-0.15, -0.1) is 0 Å². The van der Waals surface area contributed by atoms with Gasteiger partial charge in [-0.3, -0.25) is 4.79 Å². The zero-order valence-electron chi connectivity index (χ0n) is 18.3. The van der Waals surface area contributed by atoms with Crippen molar-refractivity contribution in [2.24, 2.45) is 0 Å². The van der Waals surface area contributed by atoms with E-state index in [1.807, 2.05) is 12.3 Å². The molecule has 0 atom stereocenters. The number of aromatic hydroxyl groups is 1. The first-order chi connectivity index (χ1) is 14.2. The molecule has 0 spiro atoms. The molecule has 0 aliphatic heterocycles. The molecule has 3 N–H and O–H groups in total. The fourth-order valence-corrected chi connectivity index (χ4v) is 3.92. The van der Waals surface area contributed by atoms with Crippen LogP contribution < -0.4 is 5.32 Å². The van der Waals surface area contributed by atoms with Crippen molar-refractivity contribution >= 4 is 16.8 Å². The number of H-pyrrole nitrogens is 1. The van der Waals surface area contributed by atoms with E-state index in [0.717, 1.165) is 35.7 Å². The number of fused-ring (bicyclic) bond motifs is 1. The molecule has 0 radical (unpaired) electrons. The Hall–Kier alpha value is -1.97. The number of carbonyl (C=O) groups is 1. The lowest BCUT2D eigenvalue weighted by atomic mass is 10.0. The summed E-state index contributed by atoms with van der Waals surface area (Å²) in [5, 5.41) is 13.7. The summed E-state index contributed by atoms with van der Waals surface area (Å²) in [6.45, 7) is 2.90. The van der Waals surface area contributed by atoms with E-state index in [2.05, 4.69) is 17.2 Å². The normalized spacial score (nSPS) is 11.2. The number of nitrogens with one attached hydrogen (secondary N) is 2. The van der Waals surface area contributed by atoms with Crippen molar-refractivity contribution in [3.8, 4) is 5.75 Å². The number of carbonyl (C=O) groups excluding carboxylic acids is 1. The number of phenolic OH excluding ortho intramolecular Hbond substituents is 1. The number of hydrogen-bond acceptors (Lipinski definition) is 2. The summed E-state index contributed by atoms with van der Waals surface area (Å²) in [5.74, 6) is 0.425. The Labute approximate surface area is 176 Å². The van der Waals surface area contributed by atoms with Gasteiger partial charge in [0.25, 0.3) is 0 Å².